The highest BCUT2D eigenvalue weighted by Crippen LogP contribution is 2.15. The van der Waals surface area contributed by atoms with Crippen LogP contribution in [0.5, 0.6) is 0 Å². The summed E-state index contributed by atoms with van der Waals surface area (Å²) in [5.41, 5.74) is 2.86. The highest BCUT2D eigenvalue weighted by Gasteiger charge is 2.07. The molecule has 0 radical (unpaired) electrons. The summed E-state index contributed by atoms with van der Waals surface area (Å²) in [6.07, 6.45) is 3.48. The molecule has 0 aliphatic carbocycles. The van der Waals surface area contributed by atoms with Gasteiger partial charge in [-0.2, -0.15) is 5.10 Å². The largest absolute Gasteiger partial charge is 0.272 e. The molecule has 1 N–H and O–H groups in total. The van der Waals surface area contributed by atoms with Crippen molar-refractivity contribution in [3.05, 3.63) is 69.9 Å². The molecule has 3 rings (SSSR count). The summed E-state index contributed by atoms with van der Waals surface area (Å²) in [6, 6.07) is 11.6. The van der Waals surface area contributed by atoms with E-state index in [4.69, 9.17) is 0 Å². The summed E-state index contributed by atoms with van der Waals surface area (Å²) in [7, 11) is 0. The number of hydrogen-bond donors (Lipinski definition) is 1. The number of aromatic amines is 1. The van der Waals surface area contributed by atoms with Gasteiger partial charge in [0.1, 0.15) is 0 Å². The van der Waals surface area contributed by atoms with Crippen molar-refractivity contribution in [2.45, 2.75) is 19.8 Å². The maximum Gasteiger partial charge on any atom is 0.272 e. The minimum absolute atomic E-state index is 0.154. The van der Waals surface area contributed by atoms with Crippen LogP contribution in [0.2, 0.25) is 0 Å². The Kier molecular flexibility index (Phi) is 3.29. The number of aromatic nitrogens is 3. The zero-order chi connectivity index (χ0) is 13.9. The molecular formula is C16H15N3O. The van der Waals surface area contributed by atoms with Gasteiger partial charge in [0.15, 0.2) is 0 Å². The van der Waals surface area contributed by atoms with E-state index in [-0.39, 0.29) is 5.56 Å². The van der Waals surface area contributed by atoms with E-state index in [0.717, 1.165) is 23.2 Å². The van der Waals surface area contributed by atoms with Crippen molar-refractivity contribution in [1.29, 1.82) is 0 Å². The van der Waals surface area contributed by atoms with Crippen LogP contribution in [0.15, 0.2) is 47.4 Å². The summed E-state index contributed by atoms with van der Waals surface area (Å²) in [6.45, 7) is 2.10. The third kappa shape index (κ3) is 2.32. The Labute approximate surface area is 116 Å². The van der Waals surface area contributed by atoms with Gasteiger partial charge in [0.25, 0.3) is 5.56 Å². The molecule has 4 nitrogen and oxygen atoms in total. The van der Waals surface area contributed by atoms with Crippen LogP contribution in [-0.4, -0.2) is 15.2 Å². The fourth-order valence-corrected chi connectivity index (χ4v) is 2.25. The summed E-state index contributed by atoms with van der Waals surface area (Å²) in [4.78, 5) is 16.2. The van der Waals surface area contributed by atoms with E-state index in [1.165, 1.54) is 5.56 Å². The van der Waals surface area contributed by atoms with Gasteiger partial charge in [0.2, 0.25) is 0 Å². The van der Waals surface area contributed by atoms with Gasteiger partial charge < -0.3 is 0 Å². The fourth-order valence-electron chi connectivity index (χ4n) is 2.25. The third-order valence-electron chi connectivity index (χ3n) is 3.42. The normalized spacial score (nSPS) is 10.8. The first-order chi connectivity index (χ1) is 9.78. The Bertz CT molecular complexity index is 791. The van der Waals surface area contributed by atoms with E-state index in [1.54, 1.807) is 0 Å². The van der Waals surface area contributed by atoms with Crippen LogP contribution >= 0.6 is 0 Å². The topological polar surface area (TPSA) is 58.6 Å². The van der Waals surface area contributed by atoms with Crippen molar-refractivity contribution < 1.29 is 0 Å². The molecule has 100 valence electrons. The number of nitrogens with zero attached hydrogens (tertiary/aromatic N) is 2. The fraction of sp³-hybridized carbons (Fsp3) is 0.188. The Morgan fingerprint density at radius 3 is 2.60 bits per heavy atom. The van der Waals surface area contributed by atoms with E-state index in [9.17, 15) is 4.79 Å². The molecule has 20 heavy (non-hydrogen) atoms. The van der Waals surface area contributed by atoms with Gasteiger partial charge in [0.05, 0.1) is 11.1 Å². The summed E-state index contributed by atoms with van der Waals surface area (Å²) in [5.74, 6) is 0. The Balaban J connectivity index is 2.02. The molecule has 0 unspecified atom stereocenters. The molecule has 1 aromatic carbocycles. The van der Waals surface area contributed by atoms with Gasteiger partial charge >= 0.3 is 0 Å². The van der Waals surface area contributed by atoms with Gasteiger partial charge in [0, 0.05) is 23.7 Å². The molecule has 0 saturated heterocycles. The van der Waals surface area contributed by atoms with Crippen molar-refractivity contribution in [2.75, 3.05) is 0 Å². The first-order valence-corrected chi connectivity index (χ1v) is 6.68. The minimum Gasteiger partial charge on any atom is -0.267 e. The summed E-state index contributed by atoms with van der Waals surface area (Å²) in [5, 5.41) is 8.27. The molecule has 3 aromatic rings. The standard InChI is InChI=1S/C16H15N3O/c1-2-11-7-8-12(17-10-11)9-15-13-5-3-4-6-14(13)16(20)19-18-15/h3-8,10H,2,9H2,1H3,(H,19,20). The molecule has 0 saturated carbocycles. The number of fused-ring (bicyclic) bond motifs is 1. The van der Waals surface area contributed by atoms with Crippen molar-refractivity contribution >= 4 is 10.8 Å². The molecule has 0 aliphatic heterocycles. The van der Waals surface area contributed by atoms with Crippen LogP contribution in [0.25, 0.3) is 10.8 Å². The van der Waals surface area contributed by atoms with Crippen molar-refractivity contribution in [3.8, 4) is 0 Å². The number of pyridine rings is 1. The van der Waals surface area contributed by atoms with Crippen molar-refractivity contribution in [3.63, 3.8) is 0 Å². The summed E-state index contributed by atoms with van der Waals surface area (Å²) < 4.78 is 0. The van der Waals surface area contributed by atoms with Gasteiger partial charge in [-0.15, -0.1) is 0 Å². The molecule has 0 amide bonds. The van der Waals surface area contributed by atoms with Crippen LogP contribution in [0.3, 0.4) is 0 Å². The lowest BCUT2D eigenvalue weighted by atomic mass is 10.1. The van der Waals surface area contributed by atoms with Gasteiger partial charge in [-0.3, -0.25) is 9.78 Å². The van der Waals surface area contributed by atoms with E-state index >= 15 is 0 Å². The lowest BCUT2D eigenvalue weighted by Crippen LogP contribution is -2.11. The first kappa shape index (κ1) is 12.5. The van der Waals surface area contributed by atoms with Crippen LogP contribution in [-0.2, 0) is 12.8 Å². The Morgan fingerprint density at radius 1 is 1.10 bits per heavy atom. The van der Waals surface area contributed by atoms with Gasteiger partial charge in [-0.1, -0.05) is 31.2 Å². The number of hydrogen-bond acceptors (Lipinski definition) is 3. The molecule has 0 bridgehead atoms. The first-order valence-electron chi connectivity index (χ1n) is 6.68. The summed E-state index contributed by atoms with van der Waals surface area (Å²) >= 11 is 0. The second-order valence-corrected chi connectivity index (χ2v) is 4.73. The van der Waals surface area contributed by atoms with Gasteiger partial charge in [-0.05, 0) is 24.1 Å². The van der Waals surface area contributed by atoms with E-state index in [2.05, 4.69) is 28.2 Å². The quantitative estimate of drug-likeness (QED) is 0.791. The average molecular weight is 265 g/mol. The van der Waals surface area contributed by atoms with Crippen molar-refractivity contribution in [2.24, 2.45) is 0 Å². The zero-order valence-corrected chi connectivity index (χ0v) is 11.3. The van der Waals surface area contributed by atoms with E-state index in [0.29, 0.717) is 11.8 Å². The SMILES string of the molecule is CCc1ccc(Cc2n[nH]c(=O)c3ccccc23)nc1. The lowest BCUT2D eigenvalue weighted by molar-refractivity contribution is 0.914. The Hall–Kier alpha value is -2.49. The lowest BCUT2D eigenvalue weighted by Gasteiger charge is -2.05. The molecule has 2 heterocycles. The molecule has 0 atom stereocenters. The average Bonchev–Trinajstić information content (AvgIpc) is 2.51. The van der Waals surface area contributed by atoms with Crippen LogP contribution in [0.1, 0.15) is 23.9 Å². The number of rotatable bonds is 3. The maximum absolute atomic E-state index is 11.7. The third-order valence-corrected chi connectivity index (χ3v) is 3.42. The van der Waals surface area contributed by atoms with E-state index < -0.39 is 0 Å². The zero-order valence-electron chi connectivity index (χ0n) is 11.3. The molecule has 0 spiro atoms. The Morgan fingerprint density at radius 2 is 1.90 bits per heavy atom. The molecule has 2 aromatic heterocycles. The highest BCUT2D eigenvalue weighted by atomic mass is 16.1. The number of H-pyrrole nitrogens is 1. The predicted molar refractivity (Wildman–Crippen MR) is 78.8 cm³/mol. The molecule has 0 fully saturated rings. The second kappa shape index (κ2) is 5.25. The second-order valence-electron chi connectivity index (χ2n) is 4.73. The highest BCUT2D eigenvalue weighted by molar-refractivity contribution is 5.83. The molecule has 4 heteroatoms. The van der Waals surface area contributed by atoms with Crippen LogP contribution in [0, 0.1) is 0 Å². The predicted octanol–water partition coefficient (Wildman–Crippen LogP) is 2.47. The number of benzene rings is 1. The van der Waals surface area contributed by atoms with E-state index in [1.807, 2.05) is 36.5 Å². The maximum atomic E-state index is 11.7. The van der Waals surface area contributed by atoms with Crippen LogP contribution in [0.4, 0.5) is 0 Å². The minimum atomic E-state index is -0.154. The van der Waals surface area contributed by atoms with Crippen LogP contribution < -0.4 is 5.56 Å². The smallest absolute Gasteiger partial charge is 0.267 e. The molecule has 0 aliphatic rings. The van der Waals surface area contributed by atoms with Gasteiger partial charge in [-0.25, -0.2) is 5.10 Å². The monoisotopic (exact) mass is 265 g/mol. The number of aryl methyl sites for hydroxylation is 1. The molecular weight excluding hydrogens is 250 g/mol. The van der Waals surface area contributed by atoms with Crippen molar-refractivity contribution in [1.82, 2.24) is 15.2 Å². The number of nitrogens with one attached hydrogen (secondary N) is 1.